The van der Waals surface area contributed by atoms with Crippen molar-refractivity contribution in [2.45, 2.75) is 9.79 Å². The van der Waals surface area contributed by atoms with Crippen molar-refractivity contribution >= 4 is 33.7 Å². The molecule has 2 aromatic carbocycles. The number of hydrogen-bond acceptors (Lipinski definition) is 3. The summed E-state index contributed by atoms with van der Waals surface area (Å²) < 4.78 is 5.74. The molecule has 0 saturated heterocycles. The van der Waals surface area contributed by atoms with E-state index in [9.17, 15) is 4.79 Å². The lowest BCUT2D eigenvalue weighted by molar-refractivity contribution is 0.0696. The van der Waals surface area contributed by atoms with E-state index < -0.39 is 5.97 Å². The standard InChI is InChI=1S/C14H11BrO3S/c1-18-9-3-2-4-10(7-9)19-11-5-6-12(14(16)17)13(15)8-11/h2-8H,1H3,(H,16,17). The Balaban J connectivity index is 2.23. The van der Waals surface area contributed by atoms with Crippen molar-refractivity contribution in [1.29, 1.82) is 0 Å². The molecule has 3 nitrogen and oxygen atoms in total. The molecule has 98 valence electrons. The minimum absolute atomic E-state index is 0.259. The summed E-state index contributed by atoms with van der Waals surface area (Å²) in [5, 5.41) is 8.96. The van der Waals surface area contributed by atoms with Crippen molar-refractivity contribution in [1.82, 2.24) is 0 Å². The number of benzene rings is 2. The minimum Gasteiger partial charge on any atom is -0.497 e. The van der Waals surface area contributed by atoms with Gasteiger partial charge in [-0.25, -0.2) is 4.79 Å². The summed E-state index contributed by atoms with van der Waals surface area (Å²) in [7, 11) is 1.63. The number of carboxylic acid groups (broad SMARTS) is 1. The first-order valence-electron chi connectivity index (χ1n) is 5.45. The second-order valence-corrected chi connectivity index (χ2v) is 5.73. The van der Waals surface area contributed by atoms with Gasteiger partial charge in [-0.1, -0.05) is 17.8 Å². The molecule has 0 radical (unpaired) electrons. The number of rotatable bonds is 4. The molecule has 1 N–H and O–H groups in total. The first kappa shape index (κ1) is 14.0. The average Bonchev–Trinajstić information content (AvgIpc) is 2.38. The zero-order chi connectivity index (χ0) is 13.8. The molecule has 0 heterocycles. The van der Waals surface area contributed by atoms with Crippen LogP contribution in [0.3, 0.4) is 0 Å². The smallest absolute Gasteiger partial charge is 0.336 e. The van der Waals surface area contributed by atoms with Crippen LogP contribution in [0, 0.1) is 0 Å². The average molecular weight is 339 g/mol. The molecule has 0 amide bonds. The Hall–Kier alpha value is -1.46. The summed E-state index contributed by atoms with van der Waals surface area (Å²) >= 11 is 4.82. The number of hydrogen-bond donors (Lipinski definition) is 1. The van der Waals surface area contributed by atoms with Crippen LogP contribution in [-0.4, -0.2) is 18.2 Å². The molecule has 0 aromatic heterocycles. The molecule has 0 aliphatic rings. The van der Waals surface area contributed by atoms with Crippen molar-refractivity contribution in [3.8, 4) is 5.75 Å². The predicted octanol–water partition coefficient (Wildman–Crippen LogP) is 4.31. The van der Waals surface area contributed by atoms with Gasteiger partial charge in [-0.05, 0) is 52.3 Å². The van der Waals surface area contributed by atoms with E-state index in [0.29, 0.717) is 4.47 Å². The Morgan fingerprint density at radius 2 is 1.95 bits per heavy atom. The fraction of sp³-hybridized carbons (Fsp3) is 0.0714. The third kappa shape index (κ3) is 3.52. The van der Waals surface area contributed by atoms with Crippen molar-refractivity contribution in [2.75, 3.05) is 7.11 Å². The fourth-order valence-electron chi connectivity index (χ4n) is 1.53. The van der Waals surface area contributed by atoms with Crippen molar-refractivity contribution in [3.63, 3.8) is 0 Å². The van der Waals surface area contributed by atoms with Crippen LogP contribution in [0.4, 0.5) is 0 Å². The van der Waals surface area contributed by atoms with Crippen LogP contribution in [-0.2, 0) is 0 Å². The van der Waals surface area contributed by atoms with Gasteiger partial charge in [0.1, 0.15) is 5.75 Å². The van der Waals surface area contributed by atoms with Gasteiger partial charge < -0.3 is 9.84 Å². The summed E-state index contributed by atoms with van der Waals surface area (Å²) in [4.78, 5) is 12.9. The second-order valence-electron chi connectivity index (χ2n) is 3.73. The largest absolute Gasteiger partial charge is 0.497 e. The maximum atomic E-state index is 10.9. The minimum atomic E-state index is -0.940. The SMILES string of the molecule is COc1cccc(Sc2ccc(C(=O)O)c(Br)c2)c1. The third-order valence-corrected chi connectivity index (χ3v) is 4.08. The molecule has 0 aliphatic carbocycles. The molecule has 0 saturated carbocycles. The number of methoxy groups -OCH3 is 1. The Morgan fingerprint density at radius 3 is 2.58 bits per heavy atom. The van der Waals surface area contributed by atoms with Crippen molar-refractivity contribution < 1.29 is 14.6 Å². The molecule has 2 rings (SSSR count). The first-order valence-corrected chi connectivity index (χ1v) is 7.06. The highest BCUT2D eigenvalue weighted by Gasteiger charge is 2.09. The van der Waals surface area contributed by atoms with Crippen LogP contribution < -0.4 is 4.74 Å². The molecule has 0 unspecified atom stereocenters. The highest BCUT2D eigenvalue weighted by atomic mass is 79.9. The van der Waals surface area contributed by atoms with Crippen LogP contribution >= 0.6 is 27.7 Å². The Bertz CT molecular complexity index is 613. The van der Waals surface area contributed by atoms with E-state index in [1.165, 1.54) is 0 Å². The van der Waals surface area contributed by atoms with Gasteiger partial charge in [0.05, 0.1) is 12.7 Å². The van der Waals surface area contributed by atoms with E-state index in [0.717, 1.165) is 15.5 Å². The van der Waals surface area contributed by atoms with Gasteiger partial charge in [0.15, 0.2) is 0 Å². The van der Waals surface area contributed by atoms with Crippen molar-refractivity contribution in [3.05, 3.63) is 52.5 Å². The van der Waals surface area contributed by atoms with Gasteiger partial charge in [0.2, 0.25) is 0 Å². The molecule has 0 aliphatic heterocycles. The molecule has 0 fully saturated rings. The zero-order valence-electron chi connectivity index (χ0n) is 10.1. The Kier molecular flexibility index (Phi) is 4.50. The summed E-state index contributed by atoms with van der Waals surface area (Å²) in [6.45, 7) is 0. The molecular formula is C14H11BrO3S. The highest BCUT2D eigenvalue weighted by molar-refractivity contribution is 9.10. The third-order valence-electron chi connectivity index (χ3n) is 2.45. The van der Waals surface area contributed by atoms with E-state index in [4.69, 9.17) is 9.84 Å². The maximum absolute atomic E-state index is 10.9. The fourth-order valence-corrected chi connectivity index (χ4v) is 3.14. The van der Waals surface area contributed by atoms with Gasteiger partial charge in [-0.15, -0.1) is 0 Å². The molecule has 5 heteroatoms. The molecule has 0 bridgehead atoms. The Labute approximate surface area is 123 Å². The van der Waals surface area contributed by atoms with Gasteiger partial charge >= 0.3 is 5.97 Å². The molecule has 0 atom stereocenters. The normalized spacial score (nSPS) is 10.2. The quantitative estimate of drug-likeness (QED) is 0.902. The van der Waals surface area contributed by atoms with Crippen LogP contribution in [0.2, 0.25) is 0 Å². The van der Waals surface area contributed by atoms with Crippen LogP contribution in [0.25, 0.3) is 0 Å². The molecular weight excluding hydrogens is 328 g/mol. The lowest BCUT2D eigenvalue weighted by Crippen LogP contribution is -1.97. The monoisotopic (exact) mass is 338 g/mol. The van der Waals surface area contributed by atoms with Crippen LogP contribution in [0.1, 0.15) is 10.4 Å². The molecule has 19 heavy (non-hydrogen) atoms. The lowest BCUT2D eigenvalue weighted by Gasteiger charge is -2.06. The number of carboxylic acids is 1. The summed E-state index contributed by atoms with van der Waals surface area (Å²) in [6.07, 6.45) is 0. The number of ether oxygens (including phenoxy) is 1. The van der Waals surface area contributed by atoms with Crippen molar-refractivity contribution in [2.24, 2.45) is 0 Å². The summed E-state index contributed by atoms with van der Waals surface area (Å²) in [5.74, 6) is -0.143. The topological polar surface area (TPSA) is 46.5 Å². The first-order chi connectivity index (χ1) is 9.10. The van der Waals surface area contributed by atoms with Crippen LogP contribution in [0.15, 0.2) is 56.7 Å². The summed E-state index contributed by atoms with van der Waals surface area (Å²) in [6, 6.07) is 12.9. The lowest BCUT2D eigenvalue weighted by atomic mass is 10.2. The second kappa shape index (κ2) is 6.12. The highest BCUT2D eigenvalue weighted by Crippen LogP contribution is 2.32. The van der Waals surface area contributed by atoms with Crippen LogP contribution in [0.5, 0.6) is 5.75 Å². The molecule has 0 spiro atoms. The number of halogens is 1. The van der Waals surface area contributed by atoms with Gasteiger partial charge in [0.25, 0.3) is 0 Å². The van der Waals surface area contributed by atoms with Gasteiger partial charge in [0, 0.05) is 14.3 Å². The number of aromatic carboxylic acids is 1. The Morgan fingerprint density at radius 1 is 1.21 bits per heavy atom. The van der Waals surface area contributed by atoms with E-state index in [2.05, 4.69) is 15.9 Å². The predicted molar refractivity (Wildman–Crippen MR) is 78.2 cm³/mol. The maximum Gasteiger partial charge on any atom is 0.336 e. The van der Waals surface area contributed by atoms with E-state index in [1.807, 2.05) is 24.3 Å². The zero-order valence-corrected chi connectivity index (χ0v) is 12.5. The molecule has 2 aromatic rings. The van der Waals surface area contributed by atoms with E-state index in [-0.39, 0.29) is 5.56 Å². The number of carbonyl (C=O) groups is 1. The van der Waals surface area contributed by atoms with Gasteiger partial charge in [-0.2, -0.15) is 0 Å². The van der Waals surface area contributed by atoms with Gasteiger partial charge in [-0.3, -0.25) is 0 Å². The van der Waals surface area contributed by atoms with E-state index in [1.54, 1.807) is 37.1 Å². The van der Waals surface area contributed by atoms with E-state index >= 15 is 0 Å². The summed E-state index contributed by atoms with van der Waals surface area (Å²) in [5.41, 5.74) is 0.259.